The van der Waals surface area contributed by atoms with Crippen molar-refractivity contribution in [3.63, 3.8) is 0 Å². The molecule has 0 spiro atoms. The fourth-order valence-corrected chi connectivity index (χ4v) is 12.8. The number of nitrogens with one attached hydrogen (secondary N) is 4. The van der Waals surface area contributed by atoms with E-state index in [1.807, 2.05) is 65.0 Å². The molecule has 6 aliphatic rings. The quantitative estimate of drug-likeness (QED) is 0.109. The highest BCUT2D eigenvalue weighted by atomic mass is 16.6. The average Bonchev–Trinajstić information content (AvgIpc) is 4.51. The van der Waals surface area contributed by atoms with Crippen molar-refractivity contribution < 1.29 is 19.1 Å². The number of carbonyl (C=O) groups excluding carboxylic acids is 2. The number of fused-ring (bicyclic) bond motifs is 4. The number of hydrogen-bond acceptors (Lipinski definition) is 10. The Balaban J connectivity index is 0.000000163. The van der Waals surface area contributed by atoms with Crippen molar-refractivity contribution in [2.75, 3.05) is 26.2 Å². The zero-order valence-electron chi connectivity index (χ0n) is 48.1. The molecule has 14 rings (SSSR count). The van der Waals surface area contributed by atoms with E-state index in [4.69, 9.17) is 24.4 Å². The summed E-state index contributed by atoms with van der Waals surface area (Å²) < 4.78 is 11.3. The van der Waals surface area contributed by atoms with Crippen LogP contribution in [0.2, 0.25) is 0 Å². The van der Waals surface area contributed by atoms with E-state index >= 15 is 0 Å². The molecule has 4 atom stereocenters. The summed E-state index contributed by atoms with van der Waals surface area (Å²) in [7, 11) is 0. The molecule has 6 aliphatic heterocycles. The normalized spacial score (nSPS) is 21.1. The first-order valence-electron chi connectivity index (χ1n) is 29.7. The summed E-state index contributed by atoms with van der Waals surface area (Å²) in [6.07, 6.45) is 17.5. The summed E-state index contributed by atoms with van der Waals surface area (Å²) in [4.78, 5) is 55.3. The maximum absolute atomic E-state index is 12.9. The van der Waals surface area contributed by atoms with E-state index in [9.17, 15) is 9.59 Å². The summed E-state index contributed by atoms with van der Waals surface area (Å²) >= 11 is 0. The van der Waals surface area contributed by atoms with Gasteiger partial charge in [0.2, 0.25) is 0 Å². The standard InChI is InChI=1S/C39H45N5O4.C29H29N5/c1-38(2,3)47-36(45)43-15-7-9-33(43)31-21-30(22-40-31)26-12-11-24-18-29-20-27(14-13-25(29)17-28(24)19-26)32-23-41-35(42-32)34-10-8-16-44(34)37(46)48-39(4,5)6;1-3-25(30-9-1)27-15-24(16-32-27)20-6-5-18-12-23-14-21(8-7-19(23)11-22(18)13-20)28-17-33-29(34-28)26-4-2-10-31-26/h11-14,17-20,22-23,33-34H,7-10,15-16,21H2,1-6H3,(H,41,42);5-8,11-14,16-17,25-26,30-31H,1-4,9-10,15H2,(H,33,34)/t33-,34-;25-,26-/m00/s1. The molecule has 14 nitrogen and oxygen atoms in total. The van der Waals surface area contributed by atoms with Crippen LogP contribution in [0, 0.1) is 0 Å². The zero-order chi connectivity index (χ0) is 56.3. The van der Waals surface area contributed by atoms with Crippen molar-refractivity contribution in [2.45, 2.75) is 141 Å². The highest BCUT2D eigenvalue weighted by Crippen LogP contribution is 2.38. The molecule has 6 aromatic carbocycles. The molecule has 4 saturated heterocycles. The van der Waals surface area contributed by atoms with Crippen LogP contribution in [0.15, 0.2) is 132 Å². The summed E-state index contributed by atoms with van der Waals surface area (Å²) in [6.45, 7) is 14.9. The van der Waals surface area contributed by atoms with Gasteiger partial charge in [-0.15, -0.1) is 0 Å². The van der Waals surface area contributed by atoms with Crippen molar-refractivity contribution >= 4 is 77.8 Å². The summed E-state index contributed by atoms with van der Waals surface area (Å²) in [5.41, 5.74) is 10.4. The van der Waals surface area contributed by atoms with Gasteiger partial charge in [0.15, 0.2) is 0 Å². The summed E-state index contributed by atoms with van der Waals surface area (Å²) in [6, 6.07) is 36.4. The van der Waals surface area contributed by atoms with Gasteiger partial charge in [-0.25, -0.2) is 19.6 Å². The number of hydrogen-bond donors (Lipinski definition) is 4. The number of amides is 2. The number of rotatable bonds is 8. The van der Waals surface area contributed by atoms with E-state index in [2.05, 4.69) is 129 Å². The third-order valence-electron chi connectivity index (χ3n) is 17.0. The Kier molecular flexibility index (Phi) is 14.2. The fraction of sp³-hybridized carbons (Fsp3) is 0.382. The number of aromatic nitrogens is 4. The van der Waals surface area contributed by atoms with E-state index in [0.29, 0.717) is 25.2 Å². The Labute approximate surface area is 479 Å². The predicted molar refractivity (Wildman–Crippen MR) is 330 cm³/mol. The SMILES string of the molecule is C1=C(c2ccc3cc4cc(-c5cnc([C@@H]6CCCN6)[nH]5)ccc4cc3c2)CC([C@@H]2CCCN2)=N1.CC(C)(C)OC(=O)N1CCC[C@H]1C1=NC=C(c2ccc3cc4cc(-c5cnc([C@@H]6CCCN6C(=O)OC(C)(C)C)[nH]5)ccc4cc3c2)C1. The lowest BCUT2D eigenvalue weighted by atomic mass is 9.95. The second-order valence-corrected chi connectivity index (χ2v) is 25.2. The zero-order valence-corrected chi connectivity index (χ0v) is 48.1. The second kappa shape index (κ2) is 21.8. The summed E-state index contributed by atoms with van der Waals surface area (Å²) in [5, 5.41) is 16.8. The molecule has 2 amide bonds. The molecular weight excluding hydrogens is 1020 g/mol. The lowest BCUT2D eigenvalue weighted by Gasteiger charge is -2.28. The third kappa shape index (κ3) is 11.2. The van der Waals surface area contributed by atoms with Crippen LogP contribution in [0.4, 0.5) is 9.59 Å². The van der Waals surface area contributed by atoms with Crippen LogP contribution in [0.25, 0.3) is 76.8 Å². The molecule has 0 saturated carbocycles. The monoisotopic (exact) mass is 1090 g/mol. The van der Waals surface area contributed by atoms with Crippen molar-refractivity contribution in [3.05, 3.63) is 145 Å². The predicted octanol–water partition coefficient (Wildman–Crippen LogP) is 14.8. The molecule has 4 N–H and O–H groups in total. The van der Waals surface area contributed by atoms with E-state index in [1.54, 1.807) is 4.90 Å². The van der Waals surface area contributed by atoms with Crippen LogP contribution in [0.3, 0.4) is 0 Å². The molecule has 0 unspecified atom stereocenters. The van der Waals surface area contributed by atoms with Crippen LogP contribution in [0.5, 0.6) is 0 Å². The number of aromatic amines is 2. The van der Waals surface area contributed by atoms with Crippen molar-refractivity contribution in [2.24, 2.45) is 9.98 Å². The van der Waals surface area contributed by atoms with Crippen molar-refractivity contribution in [1.29, 1.82) is 0 Å². The number of nitrogens with zero attached hydrogens (tertiary/aromatic N) is 6. The van der Waals surface area contributed by atoms with Gasteiger partial charge in [0.05, 0.1) is 41.9 Å². The Morgan fingerprint density at radius 1 is 0.476 bits per heavy atom. The smallest absolute Gasteiger partial charge is 0.410 e. The van der Waals surface area contributed by atoms with Crippen LogP contribution in [-0.4, -0.2) is 103 Å². The number of allylic oxidation sites excluding steroid dienone is 2. The number of H-pyrrole nitrogens is 2. The molecule has 0 radical (unpaired) electrons. The lowest BCUT2D eigenvalue weighted by molar-refractivity contribution is 0.0216. The van der Waals surface area contributed by atoms with Gasteiger partial charge in [-0.2, -0.15) is 0 Å². The number of likely N-dealkylation sites (tertiary alicyclic amines) is 2. The van der Waals surface area contributed by atoms with Gasteiger partial charge in [0, 0.05) is 66.9 Å². The van der Waals surface area contributed by atoms with Crippen LogP contribution >= 0.6 is 0 Å². The first-order chi connectivity index (χ1) is 39.6. The van der Waals surface area contributed by atoms with Crippen LogP contribution in [-0.2, 0) is 9.47 Å². The minimum Gasteiger partial charge on any atom is -0.444 e. The van der Waals surface area contributed by atoms with Gasteiger partial charge < -0.3 is 30.1 Å². The molecular formula is C68H74N10O4. The number of benzene rings is 6. The molecule has 8 heterocycles. The van der Waals surface area contributed by atoms with Gasteiger partial charge in [0.25, 0.3) is 0 Å². The van der Waals surface area contributed by atoms with Gasteiger partial charge in [-0.3, -0.25) is 19.8 Å². The number of carbonyl (C=O) groups is 2. The minimum absolute atomic E-state index is 0.0137. The number of imidazole rings is 2. The molecule has 0 aliphatic carbocycles. The van der Waals surface area contributed by atoms with Crippen molar-refractivity contribution in [3.8, 4) is 22.5 Å². The second-order valence-electron chi connectivity index (χ2n) is 25.2. The Morgan fingerprint density at radius 2 is 0.902 bits per heavy atom. The maximum Gasteiger partial charge on any atom is 0.410 e. The van der Waals surface area contributed by atoms with Crippen LogP contribution < -0.4 is 10.6 Å². The number of ether oxygens (including phenoxy) is 2. The molecule has 0 bridgehead atoms. The Hall–Kier alpha value is -7.94. The molecule has 14 heteroatoms. The van der Waals surface area contributed by atoms with E-state index in [1.165, 1.54) is 79.6 Å². The number of aliphatic imine (C=N–C) groups is 2. The van der Waals surface area contributed by atoms with Gasteiger partial charge in [-0.05, 0) is 220 Å². The fourth-order valence-electron chi connectivity index (χ4n) is 12.8. The maximum atomic E-state index is 12.9. The van der Waals surface area contributed by atoms with E-state index < -0.39 is 11.2 Å². The summed E-state index contributed by atoms with van der Waals surface area (Å²) in [5.74, 6) is 1.84. The lowest BCUT2D eigenvalue weighted by Crippen LogP contribution is -2.43. The molecule has 420 valence electrons. The Bertz CT molecular complexity index is 3910. The first kappa shape index (κ1) is 53.4. The largest absolute Gasteiger partial charge is 0.444 e. The molecule has 82 heavy (non-hydrogen) atoms. The van der Waals surface area contributed by atoms with E-state index in [-0.39, 0.29) is 24.3 Å². The topological polar surface area (TPSA) is 165 Å². The van der Waals surface area contributed by atoms with Crippen molar-refractivity contribution in [1.82, 2.24) is 40.4 Å². The first-order valence-corrected chi connectivity index (χ1v) is 29.7. The van der Waals surface area contributed by atoms with Crippen LogP contribution in [0.1, 0.15) is 141 Å². The Morgan fingerprint density at radius 3 is 1.40 bits per heavy atom. The van der Waals surface area contributed by atoms with E-state index in [0.717, 1.165) is 109 Å². The van der Waals surface area contributed by atoms with Gasteiger partial charge >= 0.3 is 12.2 Å². The molecule has 2 aromatic heterocycles. The molecule has 4 fully saturated rings. The molecule has 8 aromatic rings. The third-order valence-corrected chi connectivity index (χ3v) is 17.0. The van der Waals surface area contributed by atoms with Gasteiger partial charge in [0.1, 0.15) is 22.9 Å². The minimum atomic E-state index is -0.538. The highest BCUT2D eigenvalue weighted by molar-refractivity contribution is 6.06. The highest BCUT2D eigenvalue weighted by Gasteiger charge is 2.37. The van der Waals surface area contributed by atoms with Gasteiger partial charge in [-0.1, -0.05) is 48.5 Å². The average molecular weight is 1100 g/mol.